The molecule has 0 aliphatic heterocycles. The van der Waals surface area contributed by atoms with E-state index in [1.54, 1.807) is 13.0 Å². The van der Waals surface area contributed by atoms with E-state index in [9.17, 15) is 12.8 Å². The van der Waals surface area contributed by atoms with Crippen LogP contribution in [0.3, 0.4) is 0 Å². The summed E-state index contributed by atoms with van der Waals surface area (Å²) in [7, 11) is -3.90. The smallest absolute Gasteiger partial charge is 0.283 e. The maximum absolute atomic E-state index is 13.0. The van der Waals surface area contributed by atoms with Crippen molar-refractivity contribution in [2.45, 2.75) is 11.9 Å². The van der Waals surface area contributed by atoms with Crippen LogP contribution in [0.15, 0.2) is 47.6 Å². The van der Waals surface area contributed by atoms with E-state index in [2.05, 4.69) is 10.4 Å². The van der Waals surface area contributed by atoms with Gasteiger partial charge in [0.05, 0.1) is 11.4 Å². The van der Waals surface area contributed by atoms with Gasteiger partial charge in [0.2, 0.25) is 5.03 Å². The number of hydrazine groups is 1. The quantitative estimate of drug-likeness (QED) is 0.648. The topological polar surface area (TPSA) is 88.3 Å². The highest BCUT2D eigenvalue weighted by Crippen LogP contribution is 2.26. The Balaban J connectivity index is 2.52. The molecule has 0 saturated heterocycles. The second-order valence-corrected chi connectivity index (χ2v) is 5.92. The van der Waals surface area contributed by atoms with Crippen LogP contribution in [0.5, 0.6) is 0 Å². The van der Waals surface area contributed by atoms with Gasteiger partial charge in [0.15, 0.2) is 0 Å². The second kappa shape index (κ2) is 6.06. The van der Waals surface area contributed by atoms with Crippen molar-refractivity contribution < 1.29 is 12.8 Å². The van der Waals surface area contributed by atoms with Crippen LogP contribution < -0.4 is 15.6 Å². The molecule has 2 rings (SSSR count). The van der Waals surface area contributed by atoms with Crippen molar-refractivity contribution in [3.05, 3.63) is 48.4 Å². The summed E-state index contributed by atoms with van der Waals surface area (Å²) in [6, 6.07) is 8.28. The Morgan fingerprint density at radius 1 is 1.29 bits per heavy atom. The highest BCUT2D eigenvalue weighted by molar-refractivity contribution is 7.92. The maximum atomic E-state index is 13.0. The molecular weight excluding hydrogens is 295 g/mol. The number of aromatic nitrogens is 1. The van der Waals surface area contributed by atoms with Crippen LogP contribution >= 0.6 is 0 Å². The van der Waals surface area contributed by atoms with Gasteiger partial charge in [-0.2, -0.15) is 8.42 Å². The van der Waals surface area contributed by atoms with E-state index in [1.165, 1.54) is 36.5 Å². The maximum Gasteiger partial charge on any atom is 0.283 e. The SMILES string of the molecule is CCN(c1ccc(F)cc1)S(=O)(=O)c1ncccc1NN. The third-order valence-electron chi connectivity index (χ3n) is 2.86. The van der Waals surface area contributed by atoms with Gasteiger partial charge in [0, 0.05) is 12.7 Å². The van der Waals surface area contributed by atoms with E-state index in [1.807, 2.05) is 0 Å². The summed E-state index contributed by atoms with van der Waals surface area (Å²) >= 11 is 0. The van der Waals surface area contributed by atoms with Crippen LogP contribution in [0.1, 0.15) is 6.92 Å². The minimum Gasteiger partial charge on any atom is -0.321 e. The lowest BCUT2D eigenvalue weighted by atomic mass is 10.3. The molecule has 0 amide bonds. The zero-order chi connectivity index (χ0) is 15.5. The van der Waals surface area contributed by atoms with Gasteiger partial charge < -0.3 is 5.43 Å². The number of benzene rings is 1. The lowest BCUT2D eigenvalue weighted by Gasteiger charge is -2.23. The molecule has 21 heavy (non-hydrogen) atoms. The number of nitrogen functional groups attached to an aromatic ring is 1. The molecular formula is C13H15FN4O2S. The first kappa shape index (κ1) is 15.2. The van der Waals surface area contributed by atoms with Crippen LogP contribution in [0.25, 0.3) is 0 Å². The summed E-state index contributed by atoms with van der Waals surface area (Å²) in [5.41, 5.74) is 2.86. The summed E-state index contributed by atoms with van der Waals surface area (Å²) < 4.78 is 39.5. The average molecular weight is 310 g/mol. The molecule has 6 nitrogen and oxygen atoms in total. The molecule has 0 unspecified atom stereocenters. The number of anilines is 2. The number of nitrogens with two attached hydrogens (primary N) is 1. The number of pyridine rings is 1. The number of rotatable bonds is 5. The molecule has 3 N–H and O–H groups in total. The summed E-state index contributed by atoms with van der Waals surface area (Å²) in [6.45, 7) is 1.86. The molecule has 112 valence electrons. The fraction of sp³-hybridized carbons (Fsp3) is 0.154. The molecule has 0 fully saturated rings. The van der Waals surface area contributed by atoms with Gasteiger partial charge in [-0.15, -0.1) is 0 Å². The van der Waals surface area contributed by atoms with Crippen molar-refractivity contribution in [2.24, 2.45) is 5.84 Å². The van der Waals surface area contributed by atoms with Gasteiger partial charge in [0.1, 0.15) is 5.82 Å². The lowest BCUT2D eigenvalue weighted by Crippen LogP contribution is -2.32. The van der Waals surface area contributed by atoms with Gasteiger partial charge in [-0.3, -0.25) is 10.1 Å². The van der Waals surface area contributed by atoms with Crippen molar-refractivity contribution in [3.8, 4) is 0 Å². The number of nitrogens with one attached hydrogen (secondary N) is 1. The Hall–Kier alpha value is -2.19. The molecule has 0 atom stereocenters. The molecule has 0 aliphatic rings. The number of sulfonamides is 1. The Kier molecular flexibility index (Phi) is 4.39. The normalized spacial score (nSPS) is 11.2. The Morgan fingerprint density at radius 3 is 2.52 bits per heavy atom. The van der Waals surface area contributed by atoms with Gasteiger partial charge in [0.25, 0.3) is 10.0 Å². The molecule has 1 aromatic heterocycles. The minimum atomic E-state index is -3.90. The van der Waals surface area contributed by atoms with E-state index in [4.69, 9.17) is 5.84 Å². The highest BCUT2D eigenvalue weighted by atomic mass is 32.2. The third-order valence-corrected chi connectivity index (χ3v) is 4.73. The molecule has 1 aromatic carbocycles. The zero-order valence-corrected chi connectivity index (χ0v) is 12.1. The van der Waals surface area contributed by atoms with Crippen LogP contribution in [-0.4, -0.2) is 19.9 Å². The minimum absolute atomic E-state index is 0.175. The molecule has 0 bridgehead atoms. The predicted molar refractivity (Wildman–Crippen MR) is 78.7 cm³/mol. The molecule has 0 radical (unpaired) electrons. The highest BCUT2D eigenvalue weighted by Gasteiger charge is 2.27. The molecule has 8 heteroatoms. The molecule has 2 aromatic rings. The fourth-order valence-corrected chi connectivity index (χ4v) is 3.46. The zero-order valence-electron chi connectivity index (χ0n) is 11.3. The van der Waals surface area contributed by atoms with Gasteiger partial charge >= 0.3 is 0 Å². The number of hydrogen-bond acceptors (Lipinski definition) is 5. The summed E-state index contributed by atoms with van der Waals surface area (Å²) in [5, 5.41) is -0.182. The van der Waals surface area contributed by atoms with Crippen molar-refractivity contribution in [1.82, 2.24) is 4.98 Å². The first-order valence-electron chi connectivity index (χ1n) is 6.20. The fourth-order valence-electron chi connectivity index (χ4n) is 1.91. The molecule has 1 heterocycles. The first-order valence-corrected chi connectivity index (χ1v) is 7.64. The van der Waals surface area contributed by atoms with Crippen LogP contribution in [0.4, 0.5) is 15.8 Å². The largest absolute Gasteiger partial charge is 0.321 e. The average Bonchev–Trinajstić information content (AvgIpc) is 2.49. The van der Waals surface area contributed by atoms with Gasteiger partial charge in [-0.1, -0.05) is 0 Å². The van der Waals surface area contributed by atoms with Gasteiger partial charge in [-0.05, 0) is 43.3 Å². The van der Waals surface area contributed by atoms with Crippen LogP contribution in [0, 0.1) is 5.82 Å². The summed E-state index contributed by atoms with van der Waals surface area (Å²) in [5.74, 6) is 4.89. The van der Waals surface area contributed by atoms with Crippen LogP contribution in [-0.2, 0) is 10.0 Å². The van der Waals surface area contributed by atoms with E-state index in [-0.39, 0.29) is 17.3 Å². The van der Waals surface area contributed by atoms with E-state index in [0.29, 0.717) is 5.69 Å². The molecule has 0 spiro atoms. The van der Waals surface area contributed by atoms with Crippen molar-refractivity contribution in [2.75, 3.05) is 16.3 Å². The second-order valence-electron chi connectivity index (χ2n) is 4.15. The van der Waals surface area contributed by atoms with Crippen molar-refractivity contribution >= 4 is 21.4 Å². The third kappa shape index (κ3) is 2.96. The first-order chi connectivity index (χ1) is 10.0. The Morgan fingerprint density at radius 2 is 1.95 bits per heavy atom. The number of nitrogens with zero attached hydrogens (tertiary/aromatic N) is 2. The van der Waals surface area contributed by atoms with E-state index in [0.717, 1.165) is 4.31 Å². The Labute approximate surface area is 122 Å². The summed E-state index contributed by atoms with van der Waals surface area (Å²) in [6.07, 6.45) is 1.37. The van der Waals surface area contributed by atoms with Crippen molar-refractivity contribution in [1.29, 1.82) is 0 Å². The van der Waals surface area contributed by atoms with Crippen molar-refractivity contribution in [3.63, 3.8) is 0 Å². The monoisotopic (exact) mass is 310 g/mol. The van der Waals surface area contributed by atoms with Gasteiger partial charge in [-0.25, -0.2) is 9.37 Å². The van der Waals surface area contributed by atoms with E-state index < -0.39 is 15.8 Å². The molecule has 0 saturated carbocycles. The number of hydrogen-bond donors (Lipinski definition) is 2. The standard InChI is InChI=1S/C13H15FN4O2S/c1-2-18(11-7-5-10(14)6-8-11)21(19,20)13-12(17-15)4-3-9-16-13/h3-9,17H,2,15H2,1H3. The molecule has 0 aliphatic carbocycles. The Bertz CT molecular complexity index is 719. The number of halogens is 1. The lowest BCUT2D eigenvalue weighted by molar-refractivity contribution is 0.588. The predicted octanol–water partition coefficient (Wildman–Crippen LogP) is 1.72. The van der Waals surface area contributed by atoms with E-state index >= 15 is 0 Å². The van der Waals surface area contributed by atoms with Crippen LogP contribution in [0.2, 0.25) is 0 Å². The summed E-state index contributed by atoms with van der Waals surface area (Å²) in [4.78, 5) is 3.89.